The molecular weight excluding hydrogens is 180 g/mol. The summed E-state index contributed by atoms with van der Waals surface area (Å²) in [5.74, 6) is 0.627. The lowest BCUT2D eigenvalue weighted by Gasteiger charge is -2.25. The lowest BCUT2D eigenvalue weighted by atomic mass is 9.79. The Morgan fingerprint density at radius 1 is 1.13 bits per heavy atom. The van der Waals surface area contributed by atoms with Gasteiger partial charge in [-0.1, -0.05) is 59.7 Å². The van der Waals surface area contributed by atoms with Crippen molar-refractivity contribution in [3.8, 4) is 0 Å². The van der Waals surface area contributed by atoms with E-state index in [1.54, 1.807) is 5.56 Å². The summed E-state index contributed by atoms with van der Waals surface area (Å²) in [6.07, 6.45) is 1.14. The Bertz CT molecular complexity index is 326. The number of rotatable bonds is 2. The fourth-order valence-corrected chi connectivity index (χ4v) is 2.24. The van der Waals surface area contributed by atoms with Crippen molar-refractivity contribution in [3.63, 3.8) is 0 Å². The number of hydrogen-bond donors (Lipinski definition) is 0. The zero-order chi connectivity index (χ0) is 11.6. The van der Waals surface area contributed by atoms with Gasteiger partial charge in [-0.15, -0.1) is 0 Å². The maximum Gasteiger partial charge on any atom is -0.0129 e. The molecule has 0 bridgehead atoms. The van der Waals surface area contributed by atoms with Crippen LogP contribution in [-0.4, -0.2) is 0 Å². The Kier molecular flexibility index (Phi) is 3.59. The summed E-state index contributed by atoms with van der Waals surface area (Å²) in [7, 11) is 0. The minimum Gasteiger partial charge on any atom is -0.0617 e. The van der Waals surface area contributed by atoms with Gasteiger partial charge in [-0.25, -0.2) is 0 Å². The number of benzene rings is 1. The van der Waals surface area contributed by atoms with Gasteiger partial charge in [0.15, 0.2) is 0 Å². The molecule has 0 spiro atoms. The third kappa shape index (κ3) is 2.62. The van der Waals surface area contributed by atoms with Crippen LogP contribution in [0.2, 0.25) is 0 Å². The first-order valence-corrected chi connectivity index (χ1v) is 6.00. The Hall–Kier alpha value is -0.780. The molecule has 0 heterocycles. The average Bonchev–Trinajstić information content (AvgIpc) is 2.15. The van der Waals surface area contributed by atoms with Crippen molar-refractivity contribution in [1.29, 1.82) is 0 Å². The van der Waals surface area contributed by atoms with Gasteiger partial charge in [0.05, 0.1) is 0 Å². The van der Waals surface area contributed by atoms with E-state index in [0.29, 0.717) is 5.92 Å². The fourth-order valence-electron chi connectivity index (χ4n) is 2.24. The van der Waals surface area contributed by atoms with Crippen molar-refractivity contribution in [2.75, 3.05) is 0 Å². The van der Waals surface area contributed by atoms with Crippen LogP contribution in [-0.2, 0) is 11.8 Å². The topological polar surface area (TPSA) is 0 Å². The molecule has 0 radical (unpaired) electrons. The van der Waals surface area contributed by atoms with Gasteiger partial charge < -0.3 is 0 Å². The monoisotopic (exact) mass is 204 g/mol. The first-order valence-electron chi connectivity index (χ1n) is 6.00. The summed E-state index contributed by atoms with van der Waals surface area (Å²) >= 11 is 0. The summed E-state index contributed by atoms with van der Waals surface area (Å²) < 4.78 is 0. The molecule has 0 aliphatic carbocycles. The number of hydrogen-bond acceptors (Lipinski definition) is 0. The third-order valence-electron chi connectivity index (χ3n) is 3.00. The van der Waals surface area contributed by atoms with Crippen molar-refractivity contribution in [2.45, 2.75) is 59.3 Å². The predicted octanol–water partition coefficient (Wildman–Crippen LogP) is 4.67. The molecule has 0 aliphatic heterocycles. The van der Waals surface area contributed by atoms with Crippen LogP contribution in [0.3, 0.4) is 0 Å². The highest BCUT2D eigenvalue weighted by Gasteiger charge is 2.19. The molecule has 0 aromatic heterocycles. The quantitative estimate of drug-likeness (QED) is 0.656. The van der Waals surface area contributed by atoms with Gasteiger partial charge in [0.1, 0.15) is 0 Å². The van der Waals surface area contributed by atoms with Gasteiger partial charge in [0.25, 0.3) is 0 Å². The van der Waals surface area contributed by atoms with Crippen molar-refractivity contribution < 1.29 is 0 Å². The van der Waals surface area contributed by atoms with E-state index >= 15 is 0 Å². The molecule has 0 aliphatic rings. The highest BCUT2D eigenvalue weighted by molar-refractivity contribution is 5.40. The molecule has 0 atom stereocenters. The molecule has 0 saturated carbocycles. The molecule has 84 valence electrons. The lowest BCUT2D eigenvalue weighted by molar-refractivity contribution is 0.580. The maximum absolute atomic E-state index is 2.30. The van der Waals surface area contributed by atoms with Crippen molar-refractivity contribution >= 4 is 0 Å². The van der Waals surface area contributed by atoms with Gasteiger partial charge in [0.2, 0.25) is 0 Å². The normalized spacial score (nSPS) is 12.2. The molecule has 0 nitrogen and oxygen atoms in total. The SMILES string of the molecule is CCc1c(C(C)C)cccc1C(C)(C)C. The molecule has 1 rings (SSSR count). The van der Waals surface area contributed by atoms with E-state index in [1.807, 2.05) is 0 Å². The van der Waals surface area contributed by atoms with Gasteiger partial charge in [-0.2, -0.15) is 0 Å². The second kappa shape index (κ2) is 4.38. The summed E-state index contributed by atoms with van der Waals surface area (Å²) in [4.78, 5) is 0. The molecule has 0 unspecified atom stereocenters. The summed E-state index contributed by atoms with van der Waals surface area (Å²) in [5, 5.41) is 0. The maximum atomic E-state index is 2.30. The van der Waals surface area contributed by atoms with E-state index in [9.17, 15) is 0 Å². The molecule has 0 amide bonds. The Morgan fingerprint density at radius 3 is 2.13 bits per heavy atom. The van der Waals surface area contributed by atoms with Gasteiger partial charge in [0, 0.05) is 0 Å². The Labute approximate surface area is 94.7 Å². The molecule has 0 N–H and O–H groups in total. The van der Waals surface area contributed by atoms with E-state index < -0.39 is 0 Å². The zero-order valence-electron chi connectivity index (χ0n) is 11.0. The summed E-state index contributed by atoms with van der Waals surface area (Å²) in [5.41, 5.74) is 4.84. The standard InChI is InChI=1S/C15H24/c1-7-12-13(11(2)3)9-8-10-14(12)15(4,5)6/h8-11H,7H2,1-6H3. The van der Waals surface area contributed by atoms with Crippen molar-refractivity contribution in [2.24, 2.45) is 0 Å². The second-order valence-electron chi connectivity index (χ2n) is 5.63. The van der Waals surface area contributed by atoms with Gasteiger partial charge in [-0.3, -0.25) is 0 Å². The average molecular weight is 204 g/mol. The van der Waals surface area contributed by atoms with Crippen molar-refractivity contribution in [3.05, 3.63) is 34.9 Å². The molecule has 0 heteroatoms. The summed E-state index contributed by atoms with van der Waals surface area (Å²) in [6, 6.07) is 6.76. The molecule has 15 heavy (non-hydrogen) atoms. The van der Waals surface area contributed by atoms with E-state index in [4.69, 9.17) is 0 Å². The van der Waals surface area contributed by atoms with E-state index in [0.717, 1.165) is 6.42 Å². The minimum absolute atomic E-state index is 0.260. The molecule has 0 saturated heterocycles. The van der Waals surface area contributed by atoms with Crippen LogP contribution in [0.25, 0.3) is 0 Å². The minimum atomic E-state index is 0.260. The van der Waals surface area contributed by atoms with Crippen LogP contribution in [0.15, 0.2) is 18.2 Å². The smallest absolute Gasteiger partial charge is 0.0129 e. The third-order valence-corrected chi connectivity index (χ3v) is 3.00. The van der Waals surface area contributed by atoms with E-state index in [1.165, 1.54) is 11.1 Å². The Morgan fingerprint density at radius 2 is 1.73 bits per heavy atom. The van der Waals surface area contributed by atoms with E-state index in [2.05, 4.69) is 59.7 Å². The fraction of sp³-hybridized carbons (Fsp3) is 0.600. The first kappa shape index (κ1) is 12.3. The lowest BCUT2D eigenvalue weighted by Crippen LogP contribution is -2.15. The summed E-state index contributed by atoms with van der Waals surface area (Å²) in [6.45, 7) is 13.7. The van der Waals surface area contributed by atoms with Crippen LogP contribution >= 0.6 is 0 Å². The van der Waals surface area contributed by atoms with Crippen LogP contribution in [0.4, 0.5) is 0 Å². The van der Waals surface area contributed by atoms with E-state index in [-0.39, 0.29) is 5.41 Å². The zero-order valence-corrected chi connectivity index (χ0v) is 11.0. The molecule has 1 aromatic rings. The van der Waals surface area contributed by atoms with Crippen molar-refractivity contribution in [1.82, 2.24) is 0 Å². The van der Waals surface area contributed by atoms with Crippen LogP contribution in [0.1, 0.15) is 64.2 Å². The van der Waals surface area contributed by atoms with Crippen LogP contribution in [0, 0.1) is 0 Å². The van der Waals surface area contributed by atoms with Gasteiger partial charge >= 0.3 is 0 Å². The molecular formula is C15H24. The second-order valence-corrected chi connectivity index (χ2v) is 5.63. The first-order chi connectivity index (χ1) is 6.88. The predicted molar refractivity (Wildman–Crippen MR) is 68.6 cm³/mol. The molecule has 1 aromatic carbocycles. The van der Waals surface area contributed by atoms with Gasteiger partial charge in [-0.05, 0) is 34.4 Å². The highest BCUT2D eigenvalue weighted by atomic mass is 14.2. The largest absolute Gasteiger partial charge is 0.0617 e. The molecule has 0 fully saturated rings. The van der Waals surface area contributed by atoms with Crippen LogP contribution < -0.4 is 0 Å². The Balaban J connectivity index is 3.35. The highest BCUT2D eigenvalue weighted by Crippen LogP contribution is 2.31. The van der Waals surface area contributed by atoms with Crippen LogP contribution in [0.5, 0.6) is 0 Å².